The minimum absolute atomic E-state index is 0.128. The number of nitrogens with zero attached hydrogens (tertiary/aromatic N) is 2. The third-order valence-corrected chi connectivity index (χ3v) is 2.49. The van der Waals surface area contributed by atoms with Gasteiger partial charge in [-0.3, -0.25) is 9.48 Å². The zero-order chi connectivity index (χ0) is 11.0. The number of hydrogen-bond donors (Lipinski definition) is 2. The van der Waals surface area contributed by atoms with Crippen LogP contribution in [0.15, 0.2) is 12.4 Å². The predicted molar refractivity (Wildman–Crippen MR) is 50.1 cm³/mol. The van der Waals surface area contributed by atoms with E-state index in [4.69, 9.17) is 10.8 Å². The highest BCUT2D eigenvalue weighted by Crippen LogP contribution is 2.39. The Balaban J connectivity index is 2.25. The topological polar surface area (TPSA) is 98.2 Å². The molecule has 15 heavy (non-hydrogen) atoms. The molecule has 1 amide bonds. The number of carbonyl (C=O) groups is 2. The zero-order valence-electron chi connectivity index (χ0n) is 7.96. The first kappa shape index (κ1) is 9.70. The van der Waals surface area contributed by atoms with Crippen molar-refractivity contribution >= 4 is 11.9 Å². The normalized spacial score (nSPS) is 17.3. The van der Waals surface area contributed by atoms with Crippen LogP contribution in [0.5, 0.6) is 0 Å². The molecule has 0 radical (unpaired) electrons. The molecule has 1 atom stereocenters. The quantitative estimate of drug-likeness (QED) is 0.730. The van der Waals surface area contributed by atoms with Gasteiger partial charge in [-0.05, 0) is 18.8 Å². The van der Waals surface area contributed by atoms with Crippen LogP contribution in [0.3, 0.4) is 0 Å². The maximum Gasteiger partial charge on any atom is 0.328 e. The van der Waals surface area contributed by atoms with Crippen molar-refractivity contribution in [2.24, 2.45) is 11.7 Å². The smallest absolute Gasteiger partial charge is 0.328 e. The summed E-state index contributed by atoms with van der Waals surface area (Å²) < 4.78 is 1.31. The van der Waals surface area contributed by atoms with Gasteiger partial charge in [-0.1, -0.05) is 0 Å². The fourth-order valence-corrected chi connectivity index (χ4v) is 1.56. The molecular formula is C9H11N3O3. The van der Waals surface area contributed by atoms with Crippen LogP contribution in [0.25, 0.3) is 0 Å². The second kappa shape index (κ2) is 3.38. The molecule has 1 aromatic heterocycles. The molecule has 0 saturated heterocycles. The molecule has 1 saturated carbocycles. The molecule has 1 aromatic rings. The van der Waals surface area contributed by atoms with Gasteiger partial charge in [-0.15, -0.1) is 0 Å². The summed E-state index contributed by atoms with van der Waals surface area (Å²) in [6.45, 7) is 0. The van der Waals surface area contributed by atoms with E-state index in [0.29, 0.717) is 0 Å². The highest BCUT2D eigenvalue weighted by atomic mass is 16.4. The van der Waals surface area contributed by atoms with E-state index >= 15 is 0 Å². The molecule has 80 valence electrons. The SMILES string of the molecule is NC(=O)c1cnn(C(C(=O)O)C2CC2)c1. The maximum atomic E-state index is 11.0. The summed E-state index contributed by atoms with van der Waals surface area (Å²) >= 11 is 0. The van der Waals surface area contributed by atoms with E-state index in [1.807, 2.05) is 0 Å². The van der Waals surface area contributed by atoms with Crippen molar-refractivity contribution < 1.29 is 14.7 Å². The van der Waals surface area contributed by atoms with Gasteiger partial charge in [0.05, 0.1) is 11.8 Å². The maximum absolute atomic E-state index is 11.0. The standard InChI is InChI=1S/C9H11N3O3/c10-8(13)6-3-11-12(4-6)7(9(14)15)5-1-2-5/h3-5,7H,1-2H2,(H2,10,13)(H,14,15). The number of amides is 1. The van der Waals surface area contributed by atoms with Gasteiger partial charge in [-0.25, -0.2) is 4.79 Å². The Kier molecular flexibility index (Phi) is 2.18. The van der Waals surface area contributed by atoms with Crippen molar-refractivity contribution in [3.05, 3.63) is 18.0 Å². The molecular weight excluding hydrogens is 198 g/mol. The lowest BCUT2D eigenvalue weighted by Crippen LogP contribution is -2.21. The minimum Gasteiger partial charge on any atom is -0.480 e. The van der Waals surface area contributed by atoms with Crippen LogP contribution in [0, 0.1) is 5.92 Å². The van der Waals surface area contributed by atoms with Crippen molar-refractivity contribution in [1.82, 2.24) is 9.78 Å². The van der Waals surface area contributed by atoms with E-state index in [9.17, 15) is 9.59 Å². The number of carbonyl (C=O) groups excluding carboxylic acids is 1. The van der Waals surface area contributed by atoms with Gasteiger partial charge in [0.1, 0.15) is 0 Å². The second-order valence-electron chi connectivity index (χ2n) is 3.69. The van der Waals surface area contributed by atoms with E-state index in [-0.39, 0.29) is 11.5 Å². The summed E-state index contributed by atoms with van der Waals surface area (Å²) in [4.78, 5) is 21.8. The molecule has 6 nitrogen and oxygen atoms in total. The Hall–Kier alpha value is -1.85. The van der Waals surface area contributed by atoms with Crippen molar-refractivity contribution in [2.45, 2.75) is 18.9 Å². The summed E-state index contributed by atoms with van der Waals surface area (Å²) in [6.07, 6.45) is 4.46. The number of nitrogens with two attached hydrogens (primary N) is 1. The largest absolute Gasteiger partial charge is 0.480 e. The summed E-state index contributed by atoms with van der Waals surface area (Å²) in [7, 11) is 0. The second-order valence-corrected chi connectivity index (χ2v) is 3.69. The molecule has 1 aliphatic rings. The molecule has 0 aromatic carbocycles. The average Bonchev–Trinajstić information content (AvgIpc) is 2.81. The Bertz CT molecular complexity index is 408. The van der Waals surface area contributed by atoms with E-state index < -0.39 is 17.9 Å². The highest BCUT2D eigenvalue weighted by Gasteiger charge is 2.38. The first-order valence-electron chi connectivity index (χ1n) is 4.66. The highest BCUT2D eigenvalue weighted by molar-refractivity contribution is 5.92. The number of rotatable bonds is 4. The molecule has 6 heteroatoms. The van der Waals surface area contributed by atoms with Crippen LogP contribution < -0.4 is 5.73 Å². The number of aliphatic carboxylic acids is 1. The third kappa shape index (κ3) is 1.83. The van der Waals surface area contributed by atoms with Crippen LogP contribution >= 0.6 is 0 Å². The van der Waals surface area contributed by atoms with Gasteiger partial charge in [0.2, 0.25) is 0 Å². The molecule has 1 heterocycles. The lowest BCUT2D eigenvalue weighted by Gasteiger charge is -2.10. The molecule has 1 aliphatic carbocycles. The van der Waals surface area contributed by atoms with Crippen LogP contribution in [0.1, 0.15) is 29.2 Å². The van der Waals surface area contributed by atoms with Crippen molar-refractivity contribution in [3.8, 4) is 0 Å². The minimum atomic E-state index is -0.920. The van der Waals surface area contributed by atoms with E-state index in [2.05, 4.69) is 5.10 Å². The van der Waals surface area contributed by atoms with Crippen LogP contribution in [-0.4, -0.2) is 26.8 Å². The summed E-state index contributed by atoms with van der Waals surface area (Å²) in [5, 5.41) is 12.9. The molecule has 0 spiro atoms. The van der Waals surface area contributed by atoms with Crippen LogP contribution in [0.2, 0.25) is 0 Å². The zero-order valence-corrected chi connectivity index (χ0v) is 7.96. The first-order valence-corrected chi connectivity index (χ1v) is 4.66. The van der Waals surface area contributed by atoms with Crippen LogP contribution in [-0.2, 0) is 4.79 Å². The lowest BCUT2D eigenvalue weighted by molar-refractivity contribution is -0.141. The van der Waals surface area contributed by atoms with E-state index in [1.54, 1.807) is 0 Å². The Morgan fingerprint density at radius 1 is 1.60 bits per heavy atom. The van der Waals surface area contributed by atoms with Crippen LogP contribution in [0.4, 0.5) is 0 Å². The van der Waals surface area contributed by atoms with Gasteiger partial charge in [-0.2, -0.15) is 5.10 Å². The number of carboxylic acids is 1. The Morgan fingerprint density at radius 3 is 2.67 bits per heavy atom. The molecule has 0 bridgehead atoms. The Labute approximate surface area is 85.7 Å². The Morgan fingerprint density at radius 2 is 2.27 bits per heavy atom. The van der Waals surface area contributed by atoms with Gasteiger partial charge in [0.25, 0.3) is 5.91 Å². The van der Waals surface area contributed by atoms with Crippen molar-refractivity contribution in [3.63, 3.8) is 0 Å². The van der Waals surface area contributed by atoms with Gasteiger partial charge in [0, 0.05) is 6.20 Å². The fourth-order valence-electron chi connectivity index (χ4n) is 1.56. The fraction of sp³-hybridized carbons (Fsp3) is 0.444. The molecule has 1 unspecified atom stereocenters. The average molecular weight is 209 g/mol. The lowest BCUT2D eigenvalue weighted by atomic mass is 10.2. The molecule has 2 rings (SSSR count). The predicted octanol–water partition coefficient (Wildman–Crippen LogP) is 0.0177. The summed E-state index contributed by atoms with van der Waals surface area (Å²) in [5.41, 5.74) is 5.29. The summed E-state index contributed by atoms with van der Waals surface area (Å²) in [6, 6.07) is -0.668. The summed E-state index contributed by atoms with van der Waals surface area (Å²) in [5.74, 6) is -1.39. The number of hydrogen-bond acceptors (Lipinski definition) is 3. The molecule has 1 fully saturated rings. The number of carboxylic acid groups (broad SMARTS) is 1. The van der Waals surface area contributed by atoms with E-state index in [1.165, 1.54) is 17.1 Å². The third-order valence-electron chi connectivity index (χ3n) is 2.49. The molecule has 0 aliphatic heterocycles. The van der Waals surface area contributed by atoms with Crippen molar-refractivity contribution in [2.75, 3.05) is 0 Å². The van der Waals surface area contributed by atoms with E-state index in [0.717, 1.165) is 12.8 Å². The number of aromatic nitrogens is 2. The number of primary amides is 1. The van der Waals surface area contributed by atoms with Gasteiger partial charge >= 0.3 is 5.97 Å². The van der Waals surface area contributed by atoms with Gasteiger partial charge < -0.3 is 10.8 Å². The first-order chi connectivity index (χ1) is 7.09. The van der Waals surface area contributed by atoms with Crippen molar-refractivity contribution in [1.29, 1.82) is 0 Å². The van der Waals surface area contributed by atoms with Gasteiger partial charge in [0.15, 0.2) is 6.04 Å². The monoisotopic (exact) mass is 209 g/mol. The molecule has 3 N–H and O–H groups in total.